The number of hydrogen-bond acceptors (Lipinski definition) is 5. The highest BCUT2D eigenvalue weighted by molar-refractivity contribution is 7.71. The maximum Gasteiger partial charge on any atom is 0.141 e. The Morgan fingerprint density at radius 2 is 2.10 bits per heavy atom. The first-order chi connectivity index (χ1) is 9.61. The summed E-state index contributed by atoms with van der Waals surface area (Å²) >= 11 is 7.19. The largest absolute Gasteiger partial charge is 0.496 e. The SMILES string of the molecule is COc1ccc2c(=S)c(-c3csc(C)n3)coc2c1C. The van der Waals surface area contributed by atoms with Gasteiger partial charge in [-0.15, -0.1) is 11.3 Å². The molecule has 0 aliphatic carbocycles. The Labute approximate surface area is 125 Å². The molecule has 0 amide bonds. The summed E-state index contributed by atoms with van der Waals surface area (Å²) in [5.41, 5.74) is 3.46. The third-order valence-corrected chi connectivity index (χ3v) is 4.47. The first-order valence-corrected chi connectivity index (χ1v) is 7.42. The van der Waals surface area contributed by atoms with Gasteiger partial charge in [0, 0.05) is 16.3 Å². The number of aromatic nitrogens is 1. The summed E-state index contributed by atoms with van der Waals surface area (Å²) in [5, 5.41) is 3.93. The zero-order valence-corrected chi connectivity index (χ0v) is 13.0. The van der Waals surface area contributed by atoms with E-state index < -0.39 is 0 Å². The van der Waals surface area contributed by atoms with Gasteiger partial charge >= 0.3 is 0 Å². The standard InChI is InChI=1S/C15H13NO2S2/c1-8-13(17-3)5-4-10-14(8)18-6-11(15(10)19)12-7-20-9(2)16-12/h4-7H,1-3H3. The molecule has 3 aromatic rings. The Kier molecular flexibility index (Phi) is 3.31. The van der Waals surface area contributed by atoms with Crippen LogP contribution in [0.15, 0.2) is 28.2 Å². The third kappa shape index (κ3) is 2.03. The van der Waals surface area contributed by atoms with Gasteiger partial charge in [-0.1, -0.05) is 12.2 Å². The number of methoxy groups -OCH3 is 1. The van der Waals surface area contributed by atoms with Crippen molar-refractivity contribution in [2.75, 3.05) is 7.11 Å². The van der Waals surface area contributed by atoms with E-state index in [1.807, 2.05) is 31.4 Å². The highest BCUT2D eigenvalue weighted by Crippen LogP contribution is 2.32. The fourth-order valence-electron chi connectivity index (χ4n) is 2.21. The lowest BCUT2D eigenvalue weighted by Gasteiger charge is -2.08. The van der Waals surface area contributed by atoms with E-state index in [-0.39, 0.29) is 0 Å². The molecule has 102 valence electrons. The van der Waals surface area contributed by atoms with Crippen LogP contribution >= 0.6 is 23.6 Å². The minimum absolute atomic E-state index is 0.766. The van der Waals surface area contributed by atoms with Crippen molar-refractivity contribution >= 4 is 34.5 Å². The van der Waals surface area contributed by atoms with Crippen molar-refractivity contribution in [3.63, 3.8) is 0 Å². The van der Waals surface area contributed by atoms with Gasteiger partial charge in [-0.3, -0.25) is 0 Å². The molecular formula is C15H13NO2S2. The van der Waals surface area contributed by atoms with Gasteiger partial charge in [0.05, 0.1) is 27.9 Å². The minimum Gasteiger partial charge on any atom is -0.496 e. The van der Waals surface area contributed by atoms with Crippen LogP contribution in [0.2, 0.25) is 0 Å². The zero-order valence-electron chi connectivity index (χ0n) is 11.4. The Hall–Kier alpha value is -1.72. The van der Waals surface area contributed by atoms with Crippen molar-refractivity contribution in [1.29, 1.82) is 0 Å². The number of fused-ring (bicyclic) bond motifs is 1. The summed E-state index contributed by atoms with van der Waals surface area (Å²) in [6, 6.07) is 3.86. The normalized spacial score (nSPS) is 10.9. The highest BCUT2D eigenvalue weighted by Gasteiger charge is 2.12. The van der Waals surface area contributed by atoms with Crippen LogP contribution in [0.1, 0.15) is 10.6 Å². The lowest BCUT2D eigenvalue weighted by Crippen LogP contribution is -1.90. The van der Waals surface area contributed by atoms with Gasteiger partial charge in [0.25, 0.3) is 0 Å². The van der Waals surface area contributed by atoms with E-state index in [1.165, 1.54) is 0 Å². The van der Waals surface area contributed by atoms with Crippen molar-refractivity contribution in [2.45, 2.75) is 13.8 Å². The zero-order chi connectivity index (χ0) is 14.3. The molecule has 0 bridgehead atoms. The highest BCUT2D eigenvalue weighted by atomic mass is 32.1. The smallest absolute Gasteiger partial charge is 0.141 e. The van der Waals surface area contributed by atoms with E-state index in [4.69, 9.17) is 21.4 Å². The summed E-state index contributed by atoms with van der Waals surface area (Å²) in [7, 11) is 1.65. The number of hydrogen-bond donors (Lipinski definition) is 0. The van der Waals surface area contributed by atoms with Crippen LogP contribution in [-0.2, 0) is 0 Å². The molecule has 0 saturated carbocycles. The molecular weight excluding hydrogens is 290 g/mol. The minimum atomic E-state index is 0.766. The number of aryl methyl sites for hydroxylation is 2. The van der Waals surface area contributed by atoms with Crippen LogP contribution in [0.3, 0.4) is 0 Å². The van der Waals surface area contributed by atoms with Crippen molar-refractivity contribution < 1.29 is 9.15 Å². The quantitative estimate of drug-likeness (QED) is 0.630. The molecule has 0 fully saturated rings. The Morgan fingerprint density at radius 1 is 1.30 bits per heavy atom. The van der Waals surface area contributed by atoms with Crippen molar-refractivity contribution in [1.82, 2.24) is 4.98 Å². The summed E-state index contributed by atoms with van der Waals surface area (Å²) < 4.78 is 11.9. The van der Waals surface area contributed by atoms with Gasteiger partial charge in [-0.05, 0) is 26.0 Å². The lowest BCUT2D eigenvalue weighted by atomic mass is 10.1. The fourth-order valence-corrected chi connectivity index (χ4v) is 3.13. The van der Waals surface area contributed by atoms with Gasteiger partial charge in [-0.25, -0.2) is 4.98 Å². The van der Waals surface area contributed by atoms with Crippen LogP contribution in [0.5, 0.6) is 5.75 Å². The number of nitrogens with zero attached hydrogens (tertiary/aromatic N) is 1. The Bertz CT molecular complexity index is 849. The van der Waals surface area contributed by atoms with Crippen LogP contribution in [0.4, 0.5) is 0 Å². The van der Waals surface area contributed by atoms with Crippen LogP contribution < -0.4 is 4.74 Å². The maximum absolute atomic E-state index is 5.78. The first-order valence-electron chi connectivity index (χ1n) is 6.13. The summed E-state index contributed by atoms with van der Waals surface area (Å²) in [5.74, 6) is 0.799. The number of thiazole rings is 1. The summed E-state index contributed by atoms with van der Waals surface area (Å²) in [4.78, 5) is 4.47. The maximum atomic E-state index is 5.78. The molecule has 20 heavy (non-hydrogen) atoms. The molecule has 0 aliphatic heterocycles. The van der Waals surface area contributed by atoms with E-state index in [2.05, 4.69) is 4.98 Å². The van der Waals surface area contributed by atoms with Crippen LogP contribution in [-0.4, -0.2) is 12.1 Å². The predicted molar refractivity (Wildman–Crippen MR) is 84.2 cm³/mol. The lowest BCUT2D eigenvalue weighted by molar-refractivity contribution is 0.411. The second-order valence-corrected chi connectivity index (χ2v) is 5.97. The van der Waals surface area contributed by atoms with Gasteiger partial charge in [0.1, 0.15) is 17.6 Å². The van der Waals surface area contributed by atoms with Crippen LogP contribution in [0, 0.1) is 18.4 Å². The molecule has 2 heterocycles. The average Bonchev–Trinajstić information content (AvgIpc) is 2.86. The first kappa shape index (κ1) is 13.3. The van der Waals surface area contributed by atoms with Crippen molar-refractivity contribution in [3.05, 3.63) is 38.9 Å². The van der Waals surface area contributed by atoms with E-state index in [0.29, 0.717) is 0 Å². The van der Waals surface area contributed by atoms with Crippen molar-refractivity contribution in [3.8, 4) is 17.0 Å². The molecule has 3 rings (SSSR count). The number of rotatable bonds is 2. The third-order valence-electron chi connectivity index (χ3n) is 3.25. The van der Waals surface area contributed by atoms with Gasteiger partial charge in [-0.2, -0.15) is 0 Å². The van der Waals surface area contributed by atoms with E-state index in [1.54, 1.807) is 24.7 Å². The topological polar surface area (TPSA) is 35.3 Å². The molecule has 5 heteroatoms. The van der Waals surface area contributed by atoms with Gasteiger partial charge < -0.3 is 9.15 Å². The number of benzene rings is 1. The Balaban J connectivity index is 2.29. The molecule has 3 nitrogen and oxygen atoms in total. The van der Waals surface area contributed by atoms with Crippen LogP contribution in [0.25, 0.3) is 22.2 Å². The molecule has 0 aliphatic rings. The molecule has 0 saturated heterocycles. The average molecular weight is 303 g/mol. The molecule has 0 N–H and O–H groups in total. The van der Waals surface area contributed by atoms with Crippen molar-refractivity contribution in [2.24, 2.45) is 0 Å². The van der Waals surface area contributed by atoms with E-state index >= 15 is 0 Å². The molecule has 0 unspecified atom stereocenters. The molecule has 0 radical (unpaired) electrons. The van der Waals surface area contributed by atoms with E-state index in [0.717, 1.165) is 43.1 Å². The summed E-state index contributed by atoms with van der Waals surface area (Å²) in [6.07, 6.45) is 1.69. The predicted octanol–water partition coefficient (Wildman–Crippen LogP) is 4.91. The number of ether oxygens (including phenoxy) is 1. The molecule has 2 aromatic heterocycles. The Morgan fingerprint density at radius 3 is 2.75 bits per heavy atom. The molecule has 0 atom stereocenters. The van der Waals surface area contributed by atoms with Gasteiger partial charge in [0.15, 0.2) is 0 Å². The summed E-state index contributed by atoms with van der Waals surface area (Å²) in [6.45, 7) is 3.94. The monoisotopic (exact) mass is 303 g/mol. The second-order valence-electron chi connectivity index (χ2n) is 4.50. The second kappa shape index (κ2) is 5.00. The fraction of sp³-hybridized carbons (Fsp3) is 0.200. The van der Waals surface area contributed by atoms with Gasteiger partial charge in [0.2, 0.25) is 0 Å². The molecule has 0 spiro atoms. The molecule has 1 aromatic carbocycles. The van der Waals surface area contributed by atoms with E-state index in [9.17, 15) is 0 Å².